The van der Waals surface area contributed by atoms with Gasteiger partial charge in [0.05, 0.1) is 0 Å². The zero-order valence-electron chi connectivity index (χ0n) is 16.8. The zero-order valence-corrected chi connectivity index (χ0v) is 16.8. The SMILES string of the molecule is CCCCCCCCc1cccc2c1C=c1c-2ccc2c1=Cc1ccccc1-2. The van der Waals surface area contributed by atoms with Crippen molar-refractivity contribution in [1.82, 2.24) is 0 Å². The molecule has 0 spiro atoms. The van der Waals surface area contributed by atoms with E-state index >= 15 is 0 Å². The van der Waals surface area contributed by atoms with Crippen molar-refractivity contribution in [1.29, 1.82) is 0 Å². The first-order valence-electron chi connectivity index (χ1n) is 10.9. The minimum atomic E-state index is 1.20. The second kappa shape index (κ2) is 7.43. The van der Waals surface area contributed by atoms with E-state index in [1.54, 1.807) is 0 Å². The summed E-state index contributed by atoms with van der Waals surface area (Å²) in [7, 11) is 0. The first kappa shape index (κ1) is 17.5. The second-order valence-corrected chi connectivity index (χ2v) is 8.26. The summed E-state index contributed by atoms with van der Waals surface area (Å²) in [5, 5.41) is 2.82. The van der Waals surface area contributed by atoms with Gasteiger partial charge < -0.3 is 0 Å². The van der Waals surface area contributed by atoms with Gasteiger partial charge in [-0.2, -0.15) is 0 Å². The lowest BCUT2D eigenvalue weighted by Gasteiger charge is -2.09. The molecule has 28 heavy (non-hydrogen) atoms. The summed E-state index contributed by atoms with van der Waals surface area (Å²) in [6.07, 6.45) is 14.2. The molecule has 0 saturated carbocycles. The fraction of sp³-hybridized carbons (Fsp3) is 0.286. The molecular weight excluding hydrogens is 336 g/mol. The Morgan fingerprint density at radius 3 is 2.18 bits per heavy atom. The quantitative estimate of drug-likeness (QED) is 0.301. The van der Waals surface area contributed by atoms with Crippen LogP contribution in [0.4, 0.5) is 0 Å². The van der Waals surface area contributed by atoms with Gasteiger partial charge in [-0.1, -0.05) is 93.6 Å². The van der Waals surface area contributed by atoms with E-state index in [9.17, 15) is 0 Å². The van der Waals surface area contributed by atoms with Gasteiger partial charge in [0, 0.05) is 0 Å². The van der Waals surface area contributed by atoms with E-state index < -0.39 is 0 Å². The number of benzene rings is 3. The number of hydrogen-bond donors (Lipinski definition) is 0. The van der Waals surface area contributed by atoms with Gasteiger partial charge in [-0.15, -0.1) is 0 Å². The van der Waals surface area contributed by atoms with Crippen LogP contribution in [0.15, 0.2) is 54.6 Å². The Kier molecular flexibility index (Phi) is 4.64. The molecule has 0 nitrogen and oxygen atoms in total. The lowest BCUT2D eigenvalue weighted by Crippen LogP contribution is -2.25. The fourth-order valence-electron chi connectivity index (χ4n) is 4.92. The van der Waals surface area contributed by atoms with Crippen molar-refractivity contribution in [2.45, 2.75) is 51.9 Å². The molecule has 3 aromatic rings. The normalized spacial score (nSPS) is 12.6. The molecule has 0 unspecified atom stereocenters. The van der Waals surface area contributed by atoms with Gasteiger partial charge in [0.2, 0.25) is 0 Å². The molecule has 0 heterocycles. The standard InChI is InChI=1S/C28H28/c1-2-3-4-5-6-7-11-20-13-10-15-23-25-17-16-24-22-14-9-8-12-21(22)18-27(24)28(25)19-26(20)23/h8-10,12-19H,2-7,11H2,1H3. The summed E-state index contributed by atoms with van der Waals surface area (Å²) in [4.78, 5) is 0. The van der Waals surface area contributed by atoms with E-state index in [-0.39, 0.29) is 0 Å². The Hall–Kier alpha value is -2.60. The topological polar surface area (TPSA) is 0 Å². The van der Waals surface area contributed by atoms with Crippen molar-refractivity contribution in [3.63, 3.8) is 0 Å². The van der Waals surface area contributed by atoms with Crippen LogP contribution in [0.1, 0.15) is 62.1 Å². The van der Waals surface area contributed by atoms with E-state index in [0.717, 1.165) is 0 Å². The molecule has 0 heteroatoms. The Balaban J connectivity index is 1.47. The van der Waals surface area contributed by atoms with Crippen LogP contribution < -0.4 is 10.4 Å². The maximum Gasteiger partial charge on any atom is -0.00925 e. The maximum atomic E-state index is 2.46. The summed E-state index contributed by atoms with van der Waals surface area (Å²) in [6, 6.07) is 20.3. The van der Waals surface area contributed by atoms with Gasteiger partial charge >= 0.3 is 0 Å². The molecule has 0 amide bonds. The van der Waals surface area contributed by atoms with Crippen molar-refractivity contribution in [2.24, 2.45) is 0 Å². The van der Waals surface area contributed by atoms with Crippen LogP contribution in [0.25, 0.3) is 34.4 Å². The lowest BCUT2D eigenvalue weighted by atomic mass is 9.96. The minimum Gasteiger partial charge on any atom is -0.0654 e. The second-order valence-electron chi connectivity index (χ2n) is 8.26. The van der Waals surface area contributed by atoms with Gasteiger partial charge in [-0.05, 0) is 74.4 Å². The number of rotatable bonds is 7. The number of unbranched alkanes of at least 4 members (excludes halogenated alkanes) is 5. The van der Waals surface area contributed by atoms with Crippen LogP contribution in [0.3, 0.4) is 0 Å². The van der Waals surface area contributed by atoms with Crippen LogP contribution in [-0.2, 0) is 6.42 Å². The van der Waals surface area contributed by atoms with Crippen LogP contribution in [-0.4, -0.2) is 0 Å². The summed E-state index contributed by atoms with van der Waals surface area (Å²) in [5.74, 6) is 0. The van der Waals surface area contributed by atoms with Crippen LogP contribution >= 0.6 is 0 Å². The third kappa shape index (κ3) is 2.92. The molecule has 3 aromatic carbocycles. The molecule has 0 radical (unpaired) electrons. The van der Waals surface area contributed by atoms with E-state index in [1.165, 1.54) is 94.3 Å². The van der Waals surface area contributed by atoms with Gasteiger partial charge in [0.1, 0.15) is 0 Å². The predicted molar refractivity (Wildman–Crippen MR) is 121 cm³/mol. The van der Waals surface area contributed by atoms with Crippen molar-refractivity contribution in [2.75, 3.05) is 0 Å². The fourth-order valence-corrected chi connectivity index (χ4v) is 4.92. The molecule has 140 valence electrons. The highest BCUT2D eigenvalue weighted by molar-refractivity contribution is 5.90. The average Bonchev–Trinajstić information content (AvgIpc) is 3.29. The largest absolute Gasteiger partial charge is 0.0654 e. The van der Waals surface area contributed by atoms with Crippen molar-refractivity contribution in [3.05, 3.63) is 81.7 Å². The lowest BCUT2D eigenvalue weighted by molar-refractivity contribution is 0.607. The van der Waals surface area contributed by atoms with Crippen molar-refractivity contribution >= 4 is 12.2 Å². The molecule has 0 saturated heterocycles. The van der Waals surface area contributed by atoms with Crippen LogP contribution in [0, 0.1) is 0 Å². The number of aryl methyl sites for hydroxylation is 1. The van der Waals surface area contributed by atoms with Crippen LogP contribution in [0.5, 0.6) is 0 Å². The first-order chi connectivity index (χ1) is 13.9. The van der Waals surface area contributed by atoms with E-state index in [4.69, 9.17) is 0 Å². The van der Waals surface area contributed by atoms with Gasteiger partial charge in [-0.25, -0.2) is 0 Å². The van der Waals surface area contributed by atoms with Crippen molar-refractivity contribution < 1.29 is 0 Å². The summed E-state index contributed by atoms with van der Waals surface area (Å²) in [5.41, 5.74) is 9.92. The molecule has 0 atom stereocenters. The average molecular weight is 365 g/mol. The maximum absolute atomic E-state index is 2.46. The molecule has 0 bridgehead atoms. The third-order valence-corrected chi connectivity index (χ3v) is 6.41. The Morgan fingerprint density at radius 2 is 1.29 bits per heavy atom. The van der Waals surface area contributed by atoms with Gasteiger partial charge in [0.15, 0.2) is 0 Å². The predicted octanol–water partition coefficient (Wildman–Crippen LogP) is 6.21. The molecule has 2 aliphatic carbocycles. The summed E-state index contributed by atoms with van der Waals surface area (Å²) < 4.78 is 0. The van der Waals surface area contributed by atoms with Crippen LogP contribution in [0.2, 0.25) is 0 Å². The third-order valence-electron chi connectivity index (χ3n) is 6.41. The molecule has 0 N–H and O–H groups in total. The van der Waals surface area contributed by atoms with E-state index in [2.05, 4.69) is 73.7 Å². The Labute approximate surface area is 168 Å². The molecule has 2 aliphatic rings. The number of hydrogen-bond acceptors (Lipinski definition) is 0. The smallest absolute Gasteiger partial charge is 0.00925 e. The van der Waals surface area contributed by atoms with Gasteiger partial charge in [-0.3, -0.25) is 0 Å². The minimum absolute atomic E-state index is 1.20. The highest BCUT2D eigenvalue weighted by atomic mass is 14.2. The van der Waals surface area contributed by atoms with E-state index in [1.807, 2.05) is 0 Å². The summed E-state index contributed by atoms with van der Waals surface area (Å²) >= 11 is 0. The Morgan fingerprint density at radius 1 is 0.571 bits per heavy atom. The Bertz CT molecular complexity index is 1150. The molecule has 5 rings (SSSR count). The molecule has 0 aliphatic heterocycles. The van der Waals surface area contributed by atoms with Crippen molar-refractivity contribution in [3.8, 4) is 22.3 Å². The highest BCUT2D eigenvalue weighted by Crippen LogP contribution is 2.32. The van der Waals surface area contributed by atoms with Gasteiger partial charge in [0.25, 0.3) is 0 Å². The number of fused-ring (bicyclic) bond motifs is 7. The van der Waals surface area contributed by atoms with E-state index in [0.29, 0.717) is 0 Å². The first-order valence-corrected chi connectivity index (χ1v) is 10.9. The highest BCUT2D eigenvalue weighted by Gasteiger charge is 2.19. The molecular formula is C28H28. The summed E-state index contributed by atoms with van der Waals surface area (Å²) in [6.45, 7) is 2.29. The molecule has 0 fully saturated rings. The monoisotopic (exact) mass is 364 g/mol. The molecule has 0 aromatic heterocycles. The zero-order chi connectivity index (χ0) is 18.9.